The van der Waals surface area contributed by atoms with Crippen LogP contribution in [-0.4, -0.2) is 21.3 Å². The number of hydrogen-bond acceptors (Lipinski definition) is 3. The summed E-state index contributed by atoms with van der Waals surface area (Å²) in [6.45, 7) is 7.92. The second-order valence-electron chi connectivity index (χ2n) is 3.41. The predicted octanol–water partition coefficient (Wildman–Crippen LogP) is 0.923. The van der Waals surface area contributed by atoms with Crippen LogP contribution in [0, 0.1) is 0 Å². The highest BCUT2D eigenvalue weighted by Gasteiger charge is 2.12. The highest BCUT2D eigenvalue weighted by molar-refractivity contribution is 5.00. The van der Waals surface area contributed by atoms with Crippen LogP contribution in [-0.2, 0) is 13.0 Å². The molecule has 4 heteroatoms. The van der Waals surface area contributed by atoms with Gasteiger partial charge in [0, 0.05) is 18.9 Å². The molecule has 13 heavy (non-hydrogen) atoms. The molecule has 74 valence electrons. The van der Waals surface area contributed by atoms with Gasteiger partial charge in [0.25, 0.3) is 0 Å². The molecule has 0 spiro atoms. The summed E-state index contributed by atoms with van der Waals surface area (Å²) in [5.41, 5.74) is 5.49. The molecule has 0 unspecified atom stereocenters. The molecule has 1 heterocycles. The molecule has 0 amide bonds. The van der Waals surface area contributed by atoms with Gasteiger partial charge < -0.3 is 10.3 Å². The monoisotopic (exact) mass is 182 g/mol. The molecule has 1 aromatic heterocycles. The van der Waals surface area contributed by atoms with E-state index in [0.29, 0.717) is 12.5 Å². The van der Waals surface area contributed by atoms with Crippen LogP contribution in [0.25, 0.3) is 0 Å². The van der Waals surface area contributed by atoms with E-state index in [2.05, 4.69) is 35.5 Å². The van der Waals surface area contributed by atoms with Crippen molar-refractivity contribution in [2.45, 2.75) is 39.7 Å². The highest BCUT2D eigenvalue weighted by atomic mass is 15.3. The van der Waals surface area contributed by atoms with Crippen molar-refractivity contribution in [3.05, 3.63) is 11.6 Å². The van der Waals surface area contributed by atoms with Crippen LogP contribution >= 0.6 is 0 Å². The van der Waals surface area contributed by atoms with Gasteiger partial charge in [0.1, 0.15) is 11.6 Å². The van der Waals surface area contributed by atoms with E-state index in [4.69, 9.17) is 5.73 Å². The van der Waals surface area contributed by atoms with Gasteiger partial charge in [0.2, 0.25) is 0 Å². The van der Waals surface area contributed by atoms with Gasteiger partial charge in [-0.25, -0.2) is 0 Å². The number of hydrogen-bond donors (Lipinski definition) is 1. The fourth-order valence-corrected chi connectivity index (χ4v) is 1.43. The van der Waals surface area contributed by atoms with Gasteiger partial charge in [-0.15, -0.1) is 10.2 Å². The Balaban J connectivity index is 2.96. The zero-order valence-corrected chi connectivity index (χ0v) is 8.62. The van der Waals surface area contributed by atoms with Crippen molar-refractivity contribution < 1.29 is 0 Å². The number of rotatable bonds is 4. The van der Waals surface area contributed by atoms with Gasteiger partial charge in [0.05, 0.1) is 0 Å². The molecule has 2 N–H and O–H groups in total. The van der Waals surface area contributed by atoms with Gasteiger partial charge in [-0.3, -0.25) is 0 Å². The molecule has 0 radical (unpaired) electrons. The molecule has 1 rings (SSSR count). The molecule has 0 fully saturated rings. The number of aromatic nitrogens is 3. The molecule has 0 bridgehead atoms. The lowest BCUT2D eigenvalue weighted by atomic mass is 10.2. The first-order chi connectivity index (χ1) is 6.20. The first-order valence-corrected chi connectivity index (χ1v) is 4.82. The normalized spacial score (nSPS) is 11.2. The number of nitrogens with zero attached hydrogens (tertiary/aromatic N) is 3. The Bertz CT molecular complexity index is 265. The summed E-state index contributed by atoms with van der Waals surface area (Å²) in [5, 5.41) is 8.29. The average molecular weight is 182 g/mol. The second kappa shape index (κ2) is 4.37. The number of nitrogens with two attached hydrogens (primary N) is 1. The van der Waals surface area contributed by atoms with Crippen LogP contribution in [0.1, 0.15) is 38.3 Å². The van der Waals surface area contributed by atoms with Crippen molar-refractivity contribution in [2.75, 3.05) is 6.54 Å². The summed E-state index contributed by atoms with van der Waals surface area (Å²) in [7, 11) is 0. The van der Waals surface area contributed by atoms with Crippen molar-refractivity contribution in [3.8, 4) is 0 Å². The molecule has 1 aromatic rings. The zero-order valence-electron chi connectivity index (χ0n) is 8.62. The van der Waals surface area contributed by atoms with Crippen molar-refractivity contribution in [3.63, 3.8) is 0 Å². The van der Waals surface area contributed by atoms with E-state index >= 15 is 0 Å². The lowest BCUT2D eigenvalue weighted by Crippen LogP contribution is -2.11. The Morgan fingerprint density at radius 2 is 2.08 bits per heavy atom. The molecule has 0 saturated heterocycles. The van der Waals surface area contributed by atoms with Crippen molar-refractivity contribution in [1.82, 2.24) is 14.8 Å². The predicted molar refractivity (Wildman–Crippen MR) is 52.5 cm³/mol. The fraction of sp³-hybridized carbons (Fsp3) is 0.778. The summed E-state index contributed by atoms with van der Waals surface area (Å²) < 4.78 is 2.15. The van der Waals surface area contributed by atoms with Gasteiger partial charge in [0.15, 0.2) is 0 Å². The van der Waals surface area contributed by atoms with Crippen LogP contribution in [0.15, 0.2) is 0 Å². The first-order valence-electron chi connectivity index (χ1n) is 4.82. The molecule has 4 nitrogen and oxygen atoms in total. The first kappa shape index (κ1) is 10.2. The quantitative estimate of drug-likeness (QED) is 0.753. The van der Waals surface area contributed by atoms with Crippen molar-refractivity contribution >= 4 is 0 Å². The Morgan fingerprint density at radius 3 is 2.54 bits per heavy atom. The third-order valence-electron chi connectivity index (χ3n) is 2.06. The Kier molecular flexibility index (Phi) is 3.42. The van der Waals surface area contributed by atoms with Crippen LogP contribution in [0.3, 0.4) is 0 Å². The maximum Gasteiger partial charge on any atom is 0.135 e. The highest BCUT2D eigenvalue weighted by Crippen LogP contribution is 2.13. The van der Waals surface area contributed by atoms with E-state index in [9.17, 15) is 0 Å². The van der Waals surface area contributed by atoms with E-state index in [-0.39, 0.29) is 0 Å². The Morgan fingerprint density at radius 1 is 1.38 bits per heavy atom. The molecule has 0 aliphatic carbocycles. The zero-order chi connectivity index (χ0) is 9.84. The fourth-order valence-electron chi connectivity index (χ4n) is 1.43. The minimum atomic E-state index is 0.430. The van der Waals surface area contributed by atoms with E-state index in [1.54, 1.807) is 0 Å². The van der Waals surface area contributed by atoms with Crippen LogP contribution in [0.4, 0.5) is 0 Å². The van der Waals surface area contributed by atoms with Gasteiger partial charge in [-0.1, -0.05) is 13.8 Å². The standard InChI is InChI=1S/C9H18N4/c1-4-13-8(5-6-10)11-12-9(13)7(2)3/h7H,4-6,10H2,1-3H3. The summed E-state index contributed by atoms with van der Waals surface area (Å²) >= 11 is 0. The van der Waals surface area contributed by atoms with E-state index in [1.807, 2.05) is 0 Å². The lowest BCUT2D eigenvalue weighted by Gasteiger charge is -2.08. The van der Waals surface area contributed by atoms with Gasteiger partial charge in [-0.05, 0) is 13.5 Å². The van der Waals surface area contributed by atoms with E-state index in [1.165, 1.54) is 0 Å². The molecule has 0 aliphatic heterocycles. The van der Waals surface area contributed by atoms with E-state index in [0.717, 1.165) is 24.6 Å². The van der Waals surface area contributed by atoms with Gasteiger partial charge in [-0.2, -0.15) is 0 Å². The maximum atomic E-state index is 5.49. The Hall–Kier alpha value is -0.900. The average Bonchev–Trinajstić information content (AvgIpc) is 2.48. The second-order valence-corrected chi connectivity index (χ2v) is 3.41. The van der Waals surface area contributed by atoms with Crippen molar-refractivity contribution in [2.24, 2.45) is 5.73 Å². The topological polar surface area (TPSA) is 56.7 Å². The molecule has 0 atom stereocenters. The van der Waals surface area contributed by atoms with Crippen LogP contribution in [0.5, 0.6) is 0 Å². The molecular weight excluding hydrogens is 164 g/mol. The van der Waals surface area contributed by atoms with E-state index < -0.39 is 0 Å². The SMILES string of the molecule is CCn1c(CCN)nnc1C(C)C. The van der Waals surface area contributed by atoms with Crippen LogP contribution < -0.4 is 5.73 Å². The molecule has 0 aromatic carbocycles. The maximum absolute atomic E-state index is 5.49. The minimum absolute atomic E-state index is 0.430. The Labute approximate surface area is 79.2 Å². The largest absolute Gasteiger partial charge is 0.330 e. The lowest BCUT2D eigenvalue weighted by molar-refractivity contribution is 0.625. The third kappa shape index (κ3) is 2.06. The third-order valence-corrected chi connectivity index (χ3v) is 2.06. The molecule has 0 aliphatic rings. The van der Waals surface area contributed by atoms with Gasteiger partial charge >= 0.3 is 0 Å². The van der Waals surface area contributed by atoms with Crippen LogP contribution in [0.2, 0.25) is 0 Å². The van der Waals surface area contributed by atoms with Crippen molar-refractivity contribution in [1.29, 1.82) is 0 Å². The summed E-state index contributed by atoms with van der Waals surface area (Å²) in [6, 6.07) is 0. The summed E-state index contributed by atoms with van der Waals surface area (Å²) in [5.74, 6) is 2.50. The summed E-state index contributed by atoms with van der Waals surface area (Å²) in [4.78, 5) is 0. The molecular formula is C9H18N4. The smallest absolute Gasteiger partial charge is 0.135 e. The molecule has 0 saturated carbocycles. The summed E-state index contributed by atoms with van der Waals surface area (Å²) in [6.07, 6.45) is 0.813. The minimum Gasteiger partial charge on any atom is -0.330 e.